The molecule has 1 aliphatic rings. The van der Waals surface area contributed by atoms with E-state index in [0.717, 1.165) is 38.4 Å². The molecule has 2 aromatic rings. The SMILES string of the molecule is CN1CCCN(c2cc(-n3cccn3)nc(N)n2)CC1. The van der Waals surface area contributed by atoms with Crippen molar-refractivity contribution >= 4 is 11.8 Å². The molecule has 0 aromatic carbocycles. The number of hydrogen-bond donors (Lipinski definition) is 1. The van der Waals surface area contributed by atoms with Gasteiger partial charge in [-0.15, -0.1) is 0 Å². The topological polar surface area (TPSA) is 76.1 Å². The molecular formula is C13H19N7. The first-order chi connectivity index (χ1) is 9.72. The predicted octanol–water partition coefficient (Wildman–Crippen LogP) is 0.386. The first-order valence-corrected chi connectivity index (χ1v) is 6.80. The van der Waals surface area contributed by atoms with Gasteiger partial charge in [0.25, 0.3) is 0 Å². The third-order valence-corrected chi connectivity index (χ3v) is 3.50. The maximum Gasteiger partial charge on any atom is 0.224 e. The maximum absolute atomic E-state index is 5.84. The van der Waals surface area contributed by atoms with Crippen LogP contribution in [-0.2, 0) is 0 Å². The molecule has 0 atom stereocenters. The molecule has 7 heteroatoms. The Balaban J connectivity index is 1.89. The van der Waals surface area contributed by atoms with Gasteiger partial charge in [-0.1, -0.05) is 0 Å². The van der Waals surface area contributed by atoms with Crippen LogP contribution in [0.25, 0.3) is 5.82 Å². The van der Waals surface area contributed by atoms with Crippen LogP contribution >= 0.6 is 0 Å². The van der Waals surface area contributed by atoms with Crippen LogP contribution in [0.1, 0.15) is 6.42 Å². The number of nitrogens with two attached hydrogens (primary N) is 1. The third kappa shape index (κ3) is 2.72. The zero-order chi connectivity index (χ0) is 13.9. The van der Waals surface area contributed by atoms with Gasteiger partial charge in [0.2, 0.25) is 5.95 Å². The van der Waals surface area contributed by atoms with Crippen molar-refractivity contribution in [3.05, 3.63) is 24.5 Å². The quantitative estimate of drug-likeness (QED) is 0.853. The summed E-state index contributed by atoms with van der Waals surface area (Å²) in [5.41, 5.74) is 5.84. The highest BCUT2D eigenvalue weighted by atomic mass is 15.3. The van der Waals surface area contributed by atoms with Crippen LogP contribution in [0.5, 0.6) is 0 Å². The monoisotopic (exact) mass is 273 g/mol. The molecule has 1 aliphatic heterocycles. The van der Waals surface area contributed by atoms with Crippen LogP contribution in [0.3, 0.4) is 0 Å². The lowest BCUT2D eigenvalue weighted by Gasteiger charge is -2.22. The normalized spacial score (nSPS) is 17.1. The van der Waals surface area contributed by atoms with Crippen molar-refractivity contribution in [2.75, 3.05) is 43.9 Å². The van der Waals surface area contributed by atoms with E-state index in [-0.39, 0.29) is 5.95 Å². The van der Waals surface area contributed by atoms with E-state index in [1.807, 2.05) is 18.3 Å². The molecule has 0 bridgehead atoms. The van der Waals surface area contributed by atoms with Gasteiger partial charge in [-0.3, -0.25) is 0 Å². The maximum atomic E-state index is 5.84. The van der Waals surface area contributed by atoms with E-state index >= 15 is 0 Å². The molecule has 1 fully saturated rings. The van der Waals surface area contributed by atoms with Gasteiger partial charge >= 0.3 is 0 Å². The van der Waals surface area contributed by atoms with Gasteiger partial charge in [0.1, 0.15) is 5.82 Å². The third-order valence-electron chi connectivity index (χ3n) is 3.50. The molecule has 20 heavy (non-hydrogen) atoms. The van der Waals surface area contributed by atoms with Crippen molar-refractivity contribution in [1.29, 1.82) is 0 Å². The summed E-state index contributed by atoms with van der Waals surface area (Å²) in [6, 6.07) is 3.80. The van der Waals surface area contributed by atoms with Gasteiger partial charge in [-0.05, 0) is 26.1 Å². The Morgan fingerprint density at radius 1 is 1.10 bits per heavy atom. The molecule has 106 valence electrons. The highest BCUT2D eigenvalue weighted by Gasteiger charge is 2.15. The van der Waals surface area contributed by atoms with Crippen LogP contribution in [-0.4, -0.2) is 57.9 Å². The van der Waals surface area contributed by atoms with E-state index < -0.39 is 0 Å². The van der Waals surface area contributed by atoms with Crippen LogP contribution in [0.2, 0.25) is 0 Å². The fourth-order valence-corrected chi connectivity index (χ4v) is 2.40. The van der Waals surface area contributed by atoms with Gasteiger partial charge in [0.15, 0.2) is 5.82 Å². The minimum Gasteiger partial charge on any atom is -0.368 e. The van der Waals surface area contributed by atoms with E-state index in [4.69, 9.17) is 5.73 Å². The van der Waals surface area contributed by atoms with Crippen LogP contribution in [0, 0.1) is 0 Å². The van der Waals surface area contributed by atoms with Crippen molar-refractivity contribution < 1.29 is 0 Å². The Labute approximate surface area is 118 Å². The highest BCUT2D eigenvalue weighted by Crippen LogP contribution is 2.17. The average molecular weight is 273 g/mol. The molecule has 0 aliphatic carbocycles. The lowest BCUT2D eigenvalue weighted by molar-refractivity contribution is 0.360. The minimum atomic E-state index is 0.283. The molecule has 1 saturated heterocycles. The number of hydrogen-bond acceptors (Lipinski definition) is 6. The molecule has 2 N–H and O–H groups in total. The molecule has 3 rings (SSSR count). The number of anilines is 2. The summed E-state index contributed by atoms with van der Waals surface area (Å²) in [7, 11) is 2.15. The number of nitrogens with zero attached hydrogens (tertiary/aromatic N) is 6. The summed E-state index contributed by atoms with van der Waals surface area (Å²) >= 11 is 0. The smallest absolute Gasteiger partial charge is 0.224 e. The Morgan fingerprint density at radius 3 is 2.75 bits per heavy atom. The fourth-order valence-electron chi connectivity index (χ4n) is 2.40. The van der Waals surface area contributed by atoms with Gasteiger partial charge in [0.05, 0.1) is 0 Å². The second-order valence-corrected chi connectivity index (χ2v) is 5.04. The molecular weight excluding hydrogens is 254 g/mol. The van der Waals surface area contributed by atoms with Crippen molar-refractivity contribution in [2.45, 2.75) is 6.42 Å². The molecule has 3 heterocycles. The molecule has 0 radical (unpaired) electrons. The standard InChI is InChI=1S/C13H19N7/c1-18-5-3-6-19(9-8-18)11-10-12(17-13(14)16-11)20-7-2-4-15-20/h2,4,7,10H,3,5-6,8-9H2,1H3,(H2,14,16,17). The van der Waals surface area contributed by atoms with Crippen LogP contribution in [0.15, 0.2) is 24.5 Å². The Morgan fingerprint density at radius 2 is 1.95 bits per heavy atom. The minimum absolute atomic E-state index is 0.283. The molecule has 0 amide bonds. The summed E-state index contributed by atoms with van der Waals surface area (Å²) in [4.78, 5) is 13.2. The van der Waals surface area contributed by atoms with E-state index in [1.54, 1.807) is 10.9 Å². The number of likely N-dealkylation sites (N-methyl/N-ethyl adjacent to an activating group) is 1. The lowest BCUT2D eigenvalue weighted by Crippen LogP contribution is -2.29. The summed E-state index contributed by atoms with van der Waals surface area (Å²) in [5.74, 6) is 1.86. The summed E-state index contributed by atoms with van der Waals surface area (Å²) in [6.45, 7) is 4.08. The summed E-state index contributed by atoms with van der Waals surface area (Å²) in [6.07, 6.45) is 4.69. The van der Waals surface area contributed by atoms with Gasteiger partial charge in [0, 0.05) is 38.1 Å². The molecule has 2 aromatic heterocycles. The van der Waals surface area contributed by atoms with Crippen molar-refractivity contribution in [3.63, 3.8) is 0 Å². The summed E-state index contributed by atoms with van der Waals surface area (Å²) in [5, 5.41) is 4.19. The largest absolute Gasteiger partial charge is 0.368 e. The average Bonchev–Trinajstić information content (AvgIpc) is 2.88. The first kappa shape index (κ1) is 12.9. The van der Waals surface area contributed by atoms with Gasteiger partial charge in [-0.25, -0.2) is 4.68 Å². The Hall–Kier alpha value is -2.15. The molecule has 7 nitrogen and oxygen atoms in total. The van der Waals surface area contributed by atoms with Crippen molar-refractivity contribution in [1.82, 2.24) is 24.6 Å². The van der Waals surface area contributed by atoms with Crippen LogP contribution < -0.4 is 10.6 Å². The Kier molecular flexibility index (Phi) is 3.51. The van der Waals surface area contributed by atoms with Crippen molar-refractivity contribution in [2.24, 2.45) is 0 Å². The van der Waals surface area contributed by atoms with E-state index in [9.17, 15) is 0 Å². The zero-order valence-electron chi connectivity index (χ0n) is 11.6. The van der Waals surface area contributed by atoms with E-state index in [2.05, 4.69) is 31.9 Å². The van der Waals surface area contributed by atoms with Crippen molar-refractivity contribution in [3.8, 4) is 5.82 Å². The van der Waals surface area contributed by atoms with E-state index in [0.29, 0.717) is 5.82 Å². The number of rotatable bonds is 2. The second-order valence-electron chi connectivity index (χ2n) is 5.04. The number of nitrogen functional groups attached to an aromatic ring is 1. The fraction of sp³-hybridized carbons (Fsp3) is 0.462. The van der Waals surface area contributed by atoms with Gasteiger partial charge < -0.3 is 15.5 Å². The zero-order valence-corrected chi connectivity index (χ0v) is 11.6. The Bertz CT molecular complexity index is 566. The molecule has 0 spiro atoms. The summed E-state index contributed by atoms with van der Waals surface area (Å²) < 4.78 is 1.70. The van der Waals surface area contributed by atoms with Gasteiger partial charge in [-0.2, -0.15) is 15.1 Å². The first-order valence-electron chi connectivity index (χ1n) is 6.80. The molecule has 0 saturated carbocycles. The predicted molar refractivity (Wildman–Crippen MR) is 77.9 cm³/mol. The lowest BCUT2D eigenvalue weighted by atomic mass is 10.3. The molecule has 0 unspecified atom stereocenters. The van der Waals surface area contributed by atoms with Crippen LogP contribution in [0.4, 0.5) is 11.8 Å². The van der Waals surface area contributed by atoms with E-state index in [1.165, 1.54) is 0 Å². The second kappa shape index (κ2) is 5.46. The number of aromatic nitrogens is 4. The highest BCUT2D eigenvalue weighted by molar-refractivity contribution is 5.47.